The molecule has 4 rings (SSSR count). The van der Waals surface area contributed by atoms with E-state index in [0.29, 0.717) is 0 Å². The number of hydrogen-bond donors (Lipinski definition) is 0. The normalized spacial score (nSPS) is 25.0. The van der Waals surface area contributed by atoms with Gasteiger partial charge in [0.2, 0.25) is 11.8 Å². The number of benzene rings is 1. The Bertz CT molecular complexity index is 724. The molecule has 1 aromatic carbocycles. The Balaban J connectivity index is 1.58. The van der Waals surface area contributed by atoms with Crippen LogP contribution < -0.4 is 0 Å². The predicted molar refractivity (Wildman–Crippen MR) is 91.5 cm³/mol. The van der Waals surface area contributed by atoms with Gasteiger partial charge >= 0.3 is 0 Å². The van der Waals surface area contributed by atoms with Gasteiger partial charge in [-0.25, -0.2) is 0 Å². The maximum Gasteiger partial charge on any atom is 0.233 e. The molecule has 2 fully saturated rings. The molecule has 2 aliphatic rings. The van der Waals surface area contributed by atoms with Gasteiger partial charge in [-0.3, -0.25) is 14.5 Å². The SMILES string of the molecule is CC(c1ccc(-n2cccc2)cc1)N1C(=O)[C@H]2CCCC[C@H]2C1=O. The predicted octanol–water partition coefficient (Wildman–Crippen LogP) is 3.71. The van der Waals surface area contributed by atoms with Crippen LogP contribution in [0.15, 0.2) is 48.8 Å². The van der Waals surface area contributed by atoms with Crippen LogP contribution in [0.4, 0.5) is 0 Å². The quantitative estimate of drug-likeness (QED) is 0.808. The summed E-state index contributed by atoms with van der Waals surface area (Å²) in [6, 6.07) is 11.9. The Morgan fingerprint density at radius 1 is 0.917 bits per heavy atom. The number of aromatic nitrogens is 1. The van der Waals surface area contributed by atoms with Crippen molar-refractivity contribution in [3.8, 4) is 5.69 Å². The first-order valence-corrected chi connectivity index (χ1v) is 8.77. The fourth-order valence-electron chi connectivity index (χ4n) is 4.15. The molecule has 0 radical (unpaired) electrons. The zero-order valence-electron chi connectivity index (χ0n) is 13.9. The average Bonchev–Trinajstić information content (AvgIpc) is 3.23. The lowest BCUT2D eigenvalue weighted by Gasteiger charge is -2.23. The molecule has 2 heterocycles. The molecule has 3 atom stereocenters. The van der Waals surface area contributed by atoms with E-state index < -0.39 is 0 Å². The van der Waals surface area contributed by atoms with Gasteiger partial charge in [0.1, 0.15) is 0 Å². The Hall–Kier alpha value is -2.36. The van der Waals surface area contributed by atoms with Gasteiger partial charge in [-0.1, -0.05) is 25.0 Å². The number of nitrogens with zero attached hydrogens (tertiary/aromatic N) is 2. The molecule has 4 nitrogen and oxygen atoms in total. The minimum atomic E-state index is -0.200. The monoisotopic (exact) mass is 322 g/mol. The summed E-state index contributed by atoms with van der Waals surface area (Å²) < 4.78 is 2.04. The van der Waals surface area contributed by atoms with Crippen LogP contribution >= 0.6 is 0 Å². The first-order chi connectivity index (χ1) is 11.7. The third-order valence-corrected chi connectivity index (χ3v) is 5.54. The second-order valence-electron chi connectivity index (χ2n) is 6.90. The first-order valence-electron chi connectivity index (χ1n) is 8.77. The van der Waals surface area contributed by atoms with Crippen molar-refractivity contribution in [2.24, 2.45) is 11.8 Å². The van der Waals surface area contributed by atoms with E-state index >= 15 is 0 Å². The summed E-state index contributed by atoms with van der Waals surface area (Å²) in [5, 5.41) is 0. The molecule has 1 saturated heterocycles. The number of amides is 2. The summed E-state index contributed by atoms with van der Waals surface area (Å²) in [4.78, 5) is 27.0. The molecule has 2 aromatic rings. The highest BCUT2D eigenvalue weighted by Crippen LogP contribution is 2.41. The Morgan fingerprint density at radius 3 is 2.00 bits per heavy atom. The van der Waals surface area contributed by atoms with Gasteiger partial charge in [0.15, 0.2) is 0 Å². The number of imide groups is 1. The smallest absolute Gasteiger partial charge is 0.233 e. The van der Waals surface area contributed by atoms with Crippen LogP contribution in [0, 0.1) is 11.8 Å². The summed E-state index contributed by atoms with van der Waals surface area (Å²) in [6.45, 7) is 1.96. The van der Waals surface area contributed by atoms with Gasteiger partial charge < -0.3 is 4.57 Å². The molecule has 24 heavy (non-hydrogen) atoms. The molecule has 0 spiro atoms. The molecule has 1 aromatic heterocycles. The van der Waals surface area contributed by atoms with Crippen molar-refractivity contribution in [3.63, 3.8) is 0 Å². The lowest BCUT2D eigenvalue weighted by molar-refractivity contribution is -0.142. The van der Waals surface area contributed by atoms with Crippen molar-refractivity contribution in [3.05, 3.63) is 54.4 Å². The minimum Gasteiger partial charge on any atom is -0.324 e. The third kappa shape index (κ3) is 2.37. The number of rotatable bonds is 3. The van der Waals surface area contributed by atoms with Gasteiger partial charge in [-0.05, 0) is 49.6 Å². The molecule has 1 saturated carbocycles. The van der Waals surface area contributed by atoms with Gasteiger partial charge in [0.05, 0.1) is 17.9 Å². The fraction of sp³-hybridized carbons (Fsp3) is 0.400. The van der Waals surface area contributed by atoms with Gasteiger partial charge in [0.25, 0.3) is 0 Å². The summed E-state index contributed by atoms with van der Waals surface area (Å²) in [5.41, 5.74) is 2.08. The number of likely N-dealkylation sites (tertiary alicyclic amines) is 1. The summed E-state index contributed by atoms with van der Waals surface area (Å²) in [5.74, 6) is -0.0842. The van der Waals surface area contributed by atoms with Crippen molar-refractivity contribution < 1.29 is 9.59 Å². The number of carbonyl (C=O) groups is 2. The Morgan fingerprint density at radius 2 is 1.46 bits per heavy atom. The van der Waals surface area contributed by atoms with Crippen LogP contribution in [-0.4, -0.2) is 21.3 Å². The van der Waals surface area contributed by atoms with E-state index in [1.807, 2.05) is 60.3 Å². The van der Waals surface area contributed by atoms with E-state index in [4.69, 9.17) is 0 Å². The van der Waals surface area contributed by atoms with Crippen molar-refractivity contribution in [2.75, 3.05) is 0 Å². The van der Waals surface area contributed by atoms with Crippen LogP contribution in [0.25, 0.3) is 5.69 Å². The maximum absolute atomic E-state index is 12.7. The molecule has 1 aliphatic heterocycles. The molecule has 4 heteroatoms. The van der Waals surface area contributed by atoms with Gasteiger partial charge in [-0.2, -0.15) is 0 Å². The maximum atomic E-state index is 12.7. The highest BCUT2D eigenvalue weighted by atomic mass is 16.2. The third-order valence-electron chi connectivity index (χ3n) is 5.54. The molecule has 0 bridgehead atoms. The summed E-state index contributed by atoms with van der Waals surface area (Å²) >= 11 is 0. The molecule has 1 unspecified atom stereocenters. The van der Waals surface area contributed by atoms with Crippen molar-refractivity contribution in [2.45, 2.75) is 38.6 Å². The largest absolute Gasteiger partial charge is 0.324 e. The van der Waals surface area contributed by atoms with Crippen LogP contribution in [0.2, 0.25) is 0 Å². The average molecular weight is 322 g/mol. The highest BCUT2D eigenvalue weighted by molar-refractivity contribution is 6.05. The molecular formula is C20H22N2O2. The Labute approximate surface area is 142 Å². The van der Waals surface area contributed by atoms with Crippen LogP contribution in [0.3, 0.4) is 0 Å². The van der Waals surface area contributed by atoms with E-state index in [-0.39, 0.29) is 29.7 Å². The molecular weight excluding hydrogens is 300 g/mol. The minimum absolute atomic E-state index is 0.0340. The van der Waals surface area contributed by atoms with Crippen molar-refractivity contribution in [1.29, 1.82) is 0 Å². The second kappa shape index (κ2) is 5.93. The standard InChI is InChI=1S/C20H22N2O2/c1-14(15-8-10-16(11-9-15)21-12-4-5-13-21)22-19(23)17-6-2-3-7-18(17)20(22)24/h4-5,8-14,17-18H,2-3,6-7H2,1H3/t14?,17-,18+. The molecule has 2 amide bonds. The number of fused-ring (bicyclic) bond motifs is 1. The van der Waals surface area contributed by atoms with E-state index in [2.05, 4.69) is 0 Å². The van der Waals surface area contributed by atoms with E-state index in [0.717, 1.165) is 36.9 Å². The summed E-state index contributed by atoms with van der Waals surface area (Å²) in [7, 11) is 0. The van der Waals surface area contributed by atoms with Crippen molar-refractivity contribution in [1.82, 2.24) is 9.47 Å². The van der Waals surface area contributed by atoms with Crippen LogP contribution in [-0.2, 0) is 9.59 Å². The van der Waals surface area contributed by atoms with E-state index in [1.54, 1.807) is 0 Å². The lowest BCUT2D eigenvalue weighted by Crippen LogP contribution is -2.33. The van der Waals surface area contributed by atoms with Gasteiger partial charge in [-0.15, -0.1) is 0 Å². The van der Waals surface area contributed by atoms with E-state index in [9.17, 15) is 9.59 Å². The second-order valence-corrected chi connectivity index (χ2v) is 6.90. The molecule has 124 valence electrons. The zero-order valence-corrected chi connectivity index (χ0v) is 13.9. The first kappa shape index (κ1) is 15.2. The van der Waals surface area contributed by atoms with Gasteiger partial charge in [0, 0.05) is 18.1 Å². The van der Waals surface area contributed by atoms with Crippen LogP contribution in [0.5, 0.6) is 0 Å². The molecule has 0 N–H and O–H groups in total. The topological polar surface area (TPSA) is 42.3 Å². The lowest BCUT2D eigenvalue weighted by atomic mass is 9.81. The molecule has 1 aliphatic carbocycles. The highest BCUT2D eigenvalue weighted by Gasteiger charge is 2.49. The zero-order chi connectivity index (χ0) is 16.7. The number of carbonyl (C=O) groups excluding carboxylic acids is 2. The number of hydrogen-bond acceptors (Lipinski definition) is 2. The van der Waals surface area contributed by atoms with Crippen molar-refractivity contribution >= 4 is 11.8 Å². The Kier molecular flexibility index (Phi) is 3.75. The summed E-state index contributed by atoms with van der Waals surface area (Å²) in [6.07, 6.45) is 7.85. The fourth-order valence-corrected chi connectivity index (χ4v) is 4.15. The van der Waals surface area contributed by atoms with Crippen LogP contribution in [0.1, 0.15) is 44.2 Å². The van der Waals surface area contributed by atoms with E-state index in [1.165, 1.54) is 4.90 Å².